The van der Waals surface area contributed by atoms with Gasteiger partial charge >= 0.3 is 0 Å². The van der Waals surface area contributed by atoms with Gasteiger partial charge in [0.05, 0.1) is 23.9 Å². The first-order chi connectivity index (χ1) is 13.0. The summed E-state index contributed by atoms with van der Waals surface area (Å²) >= 11 is 12.1. The van der Waals surface area contributed by atoms with Crippen LogP contribution >= 0.6 is 23.2 Å². The van der Waals surface area contributed by atoms with E-state index in [1.165, 1.54) is 0 Å². The highest BCUT2D eigenvalue weighted by Gasteiger charge is 2.14. The predicted molar refractivity (Wildman–Crippen MR) is 110 cm³/mol. The first-order valence-electron chi connectivity index (χ1n) is 8.70. The molecule has 0 aromatic heterocycles. The molecule has 2 aromatic carbocycles. The van der Waals surface area contributed by atoms with E-state index >= 15 is 0 Å². The van der Waals surface area contributed by atoms with Gasteiger partial charge in [-0.15, -0.1) is 0 Å². The highest BCUT2D eigenvalue weighted by Crippen LogP contribution is 2.32. The summed E-state index contributed by atoms with van der Waals surface area (Å²) in [6.07, 6.45) is 0. The number of para-hydroxylation sites is 1. The molecule has 0 aliphatic rings. The lowest BCUT2D eigenvalue weighted by molar-refractivity contribution is -0.117. The fourth-order valence-corrected chi connectivity index (χ4v) is 2.86. The van der Waals surface area contributed by atoms with Crippen LogP contribution in [0.5, 0.6) is 5.75 Å². The third-order valence-electron chi connectivity index (χ3n) is 3.91. The number of hydrogen-bond donors (Lipinski definition) is 1. The molecule has 0 unspecified atom stereocenters. The zero-order valence-electron chi connectivity index (χ0n) is 15.5. The molecular weight excluding hydrogens is 387 g/mol. The smallest absolute Gasteiger partial charge is 0.238 e. The van der Waals surface area contributed by atoms with Crippen LogP contribution in [0, 0.1) is 0 Å². The summed E-state index contributed by atoms with van der Waals surface area (Å²) in [5.74, 6) is 0.315. The predicted octanol–water partition coefficient (Wildman–Crippen LogP) is 4.48. The second-order valence-corrected chi connectivity index (χ2v) is 6.78. The van der Waals surface area contributed by atoms with E-state index in [1.807, 2.05) is 36.1 Å². The fourth-order valence-electron chi connectivity index (χ4n) is 2.50. The van der Waals surface area contributed by atoms with E-state index in [1.54, 1.807) is 25.3 Å². The third kappa shape index (κ3) is 7.03. The van der Waals surface area contributed by atoms with Crippen molar-refractivity contribution >= 4 is 34.8 Å². The van der Waals surface area contributed by atoms with Gasteiger partial charge in [0.15, 0.2) is 5.75 Å². The van der Waals surface area contributed by atoms with Gasteiger partial charge in [0.2, 0.25) is 5.91 Å². The van der Waals surface area contributed by atoms with Crippen LogP contribution in [0.4, 0.5) is 5.69 Å². The minimum absolute atomic E-state index is 0.135. The molecule has 1 amide bonds. The Morgan fingerprint density at radius 2 is 1.85 bits per heavy atom. The number of carbonyl (C=O) groups is 1. The first-order valence-corrected chi connectivity index (χ1v) is 9.46. The Hall–Kier alpha value is -1.79. The van der Waals surface area contributed by atoms with Crippen LogP contribution in [-0.4, -0.2) is 44.2 Å². The molecule has 5 nitrogen and oxygen atoms in total. The summed E-state index contributed by atoms with van der Waals surface area (Å²) in [5.41, 5.74) is 1.64. The highest BCUT2D eigenvalue weighted by atomic mass is 35.5. The topological polar surface area (TPSA) is 50.8 Å². The highest BCUT2D eigenvalue weighted by molar-refractivity contribution is 6.32. The second-order valence-electron chi connectivity index (χ2n) is 5.94. The summed E-state index contributed by atoms with van der Waals surface area (Å²) in [6.45, 7) is 4.45. The molecule has 2 rings (SSSR count). The molecule has 27 heavy (non-hydrogen) atoms. The quantitative estimate of drug-likeness (QED) is 0.586. The Labute approximate surface area is 170 Å². The lowest BCUT2D eigenvalue weighted by atomic mass is 10.2. The number of likely N-dealkylation sites (N-methyl/N-ethyl adjacent to an activating group) is 1. The Balaban J connectivity index is 1.99. The van der Waals surface area contributed by atoms with Crippen molar-refractivity contribution in [1.82, 2.24) is 4.90 Å². The number of carbonyl (C=O) groups excluding carboxylic acids is 1. The maximum absolute atomic E-state index is 12.5. The van der Waals surface area contributed by atoms with Crippen molar-refractivity contribution in [2.45, 2.75) is 13.5 Å². The molecule has 0 radical (unpaired) electrons. The summed E-state index contributed by atoms with van der Waals surface area (Å²) < 4.78 is 10.6. The molecule has 1 N–H and O–H groups in total. The van der Waals surface area contributed by atoms with Crippen LogP contribution in [0.2, 0.25) is 10.0 Å². The maximum Gasteiger partial charge on any atom is 0.238 e. The lowest BCUT2D eigenvalue weighted by Crippen LogP contribution is -2.32. The number of nitrogens with one attached hydrogen (secondary N) is 1. The minimum atomic E-state index is -0.135. The van der Waals surface area contributed by atoms with Crippen molar-refractivity contribution in [2.75, 3.05) is 38.7 Å². The maximum atomic E-state index is 12.5. The standard InChI is InChI=1S/C20H24Cl2N2O3/c1-3-24(13-15-7-9-16(21)10-8-15)14-19(25)23-18-6-4-5-17(22)20(18)27-12-11-26-2/h4-10H,3,11-14H2,1-2H3,(H,23,25). The van der Waals surface area contributed by atoms with Crippen molar-refractivity contribution in [2.24, 2.45) is 0 Å². The van der Waals surface area contributed by atoms with Gasteiger partial charge in [-0.05, 0) is 36.4 Å². The van der Waals surface area contributed by atoms with Gasteiger partial charge in [-0.1, -0.05) is 48.3 Å². The Morgan fingerprint density at radius 3 is 2.52 bits per heavy atom. The molecule has 0 saturated carbocycles. The van der Waals surface area contributed by atoms with Gasteiger partial charge in [0, 0.05) is 18.7 Å². The van der Waals surface area contributed by atoms with Gasteiger partial charge in [0.25, 0.3) is 0 Å². The van der Waals surface area contributed by atoms with E-state index in [9.17, 15) is 4.79 Å². The van der Waals surface area contributed by atoms with Crippen molar-refractivity contribution in [3.05, 3.63) is 58.1 Å². The SMILES string of the molecule is CCN(CC(=O)Nc1cccc(Cl)c1OCCOC)Cc1ccc(Cl)cc1. The number of ether oxygens (including phenoxy) is 2. The van der Waals surface area contributed by atoms with Gasteiger partial charge in [0.1, 0.15) is 6.61 Å². The molecule has 0 aliphatic heterocycles. The number of hydrogen-bond acceptors (Lipinski definition) is 4. The van der Waals surface area contributed by atoms with E-state index in [0.29, 0.717) is 41.2 Å². The molecule has 2 aromatic rings. The molecular formula is C20H24Cl2N2O3. The number of anilines is 1. The number of benzene rings is 2. The average Bonchev–Trinajstić information content (AvgIpc) is 2.65. The molecule has 0 aliphatic carbocycles. The van der Waals surface area contributed by atoms with Gasteiger partial charge < -0.3 is 14.8 Å². The molecule has 0 spiro atoms. The summed E-state index contributed by atoms with van der Waals surface area (Å²) in [4.78, 5) is 14.6. The lowest BCUT2D eigenvalue weighted by Gasteiger charge is -2.21. The number of methoxy groups -OCH3 is 1. The third-order valence-corrected chi connectivity index (χ3v) is 4.46. The Bertz CT molecular complexity index is 739. The fraction of sp³-hybridized carbons (Fsp3) is 0.350. The molecule has 0 saturated heterocycles. The molecule has 146 valence electrons. The van der Waals surface area contributed by atoms with E-state index in [2.05, 4.69) is 5.32 Å². The average molecular weight is 411 g/mol. The summed E-state index contributed by atoms with van der Waals surface area (Å²) in [5, 5.41) is 4.02. The number of rotatable bonds is 10. The van der Waals surface area contributed by atoms with Crippen molar-refractivity contribution in [3.8, 4) is 5.75 Å². The van der Waals surface area contributed by atoms with Gasteiger partial charge in [-0.3, -0.25) is 9.69 Å². The van der Waals surface area contributed by atoms with Crippen LogP contribution in [-0.2, 0) is 16.1 Å². The second kappa shape index (κ2) is 11.1. The molecule has 0 bridgehead atoms. The number of nitrogens with zero attached hydrogens (tertiary/aromatic N) is 1. The minimum Gasteiger partial charge on any atom is -0.487 e. The first kappa shape index (κ1) is 21.5. The monoisotopic (exact) mass is 410 g/mol. The van der Waals surface area contributed by atoms with E-state index < -0.39 is 0 Å². The number of amides is 1. The van der Waals surface area contributed by atoms with Crippen molar-refractivity contribution in [1.29, 1.82) is 0 Å². The number of halogens is 2. The molecule has 0 atom stereocenters. The van der Waals surface area contributed by atoms with E-state index in [-0.39, 0.29) is 12.5 Å². The van der Waals surface area contributed by atoms with E-state index in [0.717, 1.165) is 12.1 Å². The molecule has 0 fully saturated rings. The van der Waals surface area contributed by atoms with E-state index in [4.69, 9.17) is 32.7 Å². The van der Waals surface area contributed by atoms with Crippen molar-refractivity contribution in [3.63, 3.8) is 0 Å². The van der Waals surface area contributed by atoms with Crippen LogP contribution in [0.15, 0.2) is 42.5 Å². The Kier molecular flexibility index (Phi) is 8.88. The summed E-state index contributed by atoms with van der Waals surface area (Å²) in [7, 11) is 1.60. The zero-order valence-corrected chi connectivity index (χ0v) is 17.0. The van der Waals surface area contributed by atoms with Crippen LogP contribution < -0.4 is 10.1 Å². The zero-order chi connectivity index (χ0) is 19.6. The largest absolute Gasteiger partial charge is 0.487 e. The van der Waals surface area contributed by atoms with Gasteiger partial charge in [-0.25, -0.2) is 0 Å². The van der Waals surface area contributed by atoms with Gasteiger partial charge in [-0.2, -0.15) is 0 Å². The van der Waals surface area contributed by atoms with Crippen LogP contribution in [0.25, 0.3) is 0 Å². The molecule has 7 heteroatoms. The molecule has 0 heterocycles. The normalized spacial score (nSPS) is 10.9. The van der Waals surface area contributed by atoms with Crippen molar-refractivity contribution < 1.29 is 14.3 Å². The van der Waals surface area contributed by atoms with Crippen LogP contribution in [0.3, 0.4) is 0 Å². The van der Waals surface area contributed by atoms with Crippen LogP contribution in [0.1, 0.15) is 12.5 Å². The summed E-state index contributed by atoms with van der Waals surface area (Å²) in [6, 6.07) is 12.9. The Morgan fingerprint density at radius 1 is 1.11 bits per heavy atom.